The summed E-state index contributed by atoms with van der Waals surface area (Å²) in [6.45, 7) is 15.7. The minimum atomic E-state index is -1.01. The molecule has 5 heterocycles. The van der Waals surface area contributed by atoms with E-state index in [1.165, 1.54) is 0 Å². The van der Waals surface area contributed by atoms with Gasteiger partial charge in [0.1, 0.15) is 41.6 Å². The Bertz CT molecular complexity index is 2640. The third-order valence-electron chi connectivity index (χ3n) is 14.7. The molecule has 15 nitrogen and oxygen atoms in total. The van der Waals surface area contributed by atoms with Crippen LogP contribution in [-0.4, -0.2) is 99.3 Å². The van der Waals surface area contributed by atoms with Crippen molar-refractivity contribution >= 4 is 46.3 Å². The maximum absolute atomic E-state index is 13.4. The summed E-state index contributed by atoms with van der Waals surface area (Å²) < 4.78 is 13.1. The summed E-state index contributed by atoms with van der Waals surface area (Å²) >= 11 is 0. The van der Waals surface area contributed by atoms with E-state index in [-0.39, 0.29) is 42.1 Å². The monoisotopic (exact) mass is 880 g/mol. The molecule has 4 fully saturated rings. The number of anilines is 1. The number of pyridine rings is 2. The summed E-state index contributed by atoms with van der Waals surface area (Å²) in [5, 5.41) is 12.7. The Morgan fingerprint density at radius 2 is 1.68 bits per heavy atom. The van der Waals surface area contributed by atoms with Gasteiger partial charge in [-0.05, 0) is 93.6 Å². The highest BCUT2D eigenvalue weighted by atomic mass is 16.5. The van der Waals surface area contributed by atoms with Gasteiger partial charge in [0.15, 0.2) is 0 Å². The average molecular weight is 881 g/mol. The standard InChI is InChI=1S/C50H56N8O7/c1-27(2)57(30-22-32(23-30)64-31-10-11-33-36(24-31)47(63)58(46(33)62)37-13-16-40(59)55-45(37)61)26-28-17-20-56(21-18-28)39-15-12-35(44(52)60)42(54-39)43-49(3,4)48(50(43,5)6)65-38-14-9-29(25-51)41-34(38)8-7-19-53-41/h7-12,14-15,19,24,27-28,30,32,37,43,48H,13,16-18,20-23,26H2,1-6H3,(H2,52,60)(H,55,59,61)/t30-,32+,37?,43-,48-. The van der Waals surface area contributed by atoms with Crippen LogP contribution in [0.4, 0.5) is 5.82 Å². The topological polar surface area (TPSA) is 201 Å². The summed E-state index contributed by atoms with van der Waals surface area (Å²) in [4.78, 5) is 79.2. The lowest BCUT2D eigenvalue weighted by Gasteiger charge is -2.63. The van der Waals surface area contributed by atoms with Gasteiger partial charge in [0.25, 0.3) is 17.7 Å². The fraction of sp³-hybridized carbons (Fsp3) is 0.480. The van der Waals surface area contributed by atoms with Crippen LogP contribution in [0.3, 0.4) is 0 Å². The van der Waals surface area contributed by atoms with E-state index in [2.05, 4.69) is 67.7 Å². The molecule has 2 saturated heterocycles. The number of hydrogen-bond acceptors (Lipinski definition) is 12. The van der Waals surface area contributed by atoms with Gasteiger partial charge in [0.2, 0.25) is 11.8 Å². The van der Waals surface area contributed by atoms with E-state index < -0.39 is 46.4 Å². The van der Waals surface area contributed by atoms with Crippen molar-refractivity contribution in [1.82, 2.24) is 25.1 Å². The number of carbonyl (C=O) groups is 5. The Morgan fingerprint density at radius 1 is 0.954 bits per heavy atom. The first-order valence-corrected chi connectivity index (χ1v) is 22.8. The van der Waals surface area contributed by atoms with Crippen molar-refractivity contribution in [2.75, 3.05) is 24.5 Å². The summed E-state index contributed by atoms with van der Waals surface area (Å²) in [7, 11) is 0. The molecular weight excluding hydrogens is 825 g/mol. The Kier molecular flexibility index (Phi) is 11.2. The maximum Gasteiger partial charge on any atom is 0.262 e. The number of benzene rings is 2. The molecule has 5 amide bonds. The van der Waals surface area contributed by atoms with Gasteiger partial charge in [-0.25, -0.2) is 4.98 Å². The molecule has 0 spiro atoms. The van der Waals surface area contributed by atoms with E-state index in [1.807, 2.05) is 30.3 Å². The van der Waals surface area contributed by atoms with Gasteiger partial charge in [0.05, 0.1) is 33.5 Å². The van der Waals surface area contributed by atoms with Gasteiger partial charge in [0, 0.05) is 79.3 Å². The number of rotatable bonds is 12. The number of nitrogens with one attached hydrogen (secondary N) is 1. The van der Waals surface area contributed by atoms with Crippen LogP contribution >= 0.6 is 0 Å². The van der Waals surface area contributed by atoms with E-state index >= 15 is 0 Å². The van der Waals surface area contributed by atoms with Crippen molar-refractivity contribution < 1.29 is 33.4 Å². The van der Waals surface area contributed by atoms with Crippen LogP contribution in [0, 0.1) is 28.1 Å². The first-order chi connectivity index (χ1) is 31.0. The number of piperidine rings is 2. The number of fused-ring (bicyclic) bond motifs is 2. The van der Waals surface area contributed by atoms with E-state index in [0.29, 0.717) is 51.8 Å². The third kappa shape index (κ3) is 7.65. The summed E-state index contributed by atoms with van der Waals surface area (Å²) in [5.41, 5.74) is 7.80. The minimum absolute atomic E-state index is 0.0381. The molecule has 1 atom stereocenters. The van der Waals surface area contributed by atoms with E-state index in [0.717, 1.165) is 61.4 Å². The quantitative estimate of drug-likeness (QED) is 0.154. The molecule has 2 aliphatic carbocycles. The van der Waals surface area contributed by atoms with Crippen LogP contribution in [0.25, 0.3) is 10.9 Å². The average Bonchev–Trinajstić information content (AvgIpc) is 3.50. The second-order valence-corrected chi connectivity index (χ2v) is 19.9. The minimum Gasteiger partial charge on any atom is -0.490 e. The van der Waals surface area contributed by atoms with E-state index in [9.17, 15) is 29.2 Å². The lowest BCUT2D eigenvalue weighted by Crippen LogP contribution is -2.64. The van der Waals surface area contributed by atoms with Gasteiger partial charge >= 0.3 is 0 Å². The van der Waals surface area contributed by atoms with Gasteiger partial charge in [-0.15, -0.1) is 0 Å². The number of amides is 5. The van der Waals surface area contributed by atoms with Crippen molar-refractivity contribution in [3.8, 4) is 17.6 Å². The number of ether oxygens (including phenoxy) is 2. The number of imide groups is 2. The van der Waals surface area contributed by atoms with Crippen molar-refractivity contribution in [3.63, 3.8) is 0 Å². The fourth-order valence-corrected chi connectivity index (χ4v) is 11.7. The molecule has 0 radical (unpaired) electrons. The second-order valence-electron chi connectivity index (χ2n) is 19.9. The number of carbonyl (C=O) groups excluding carboxylic acids is 5. The molecule has 9 rings (SSSR count). The predicted octanol–water partition coefficient (Wildman–Crippen LogP) is 6.14. The molecule has 0 bridgehead atoms. The molecule has 15 heteroatoms. The van der Waals surface area contributed by atoms with E-state index in [4.69, 9.17) is 20.2 Å². The number of nitriles is 1. The number of primary amides is 1. The molecular formula is C50H56N8O7. The summed E-state index contributed by atoms with van der Waals surface area (Å²) in [5.74, 6) is -0.280. The Labute approximate surface area is 378 Å². The highest BCUT2D eigenvalue weighted by Crippen LogP contribution is 2.65. The van der Waals surface area contributed by atoms with Crippen molar-refractivity contribution in [2.45, 2.75) is 116 Å². The zero-order valence-corrected chi connectivity index (χ0v) is 37.8. The molecule has 1 unspecified atom stereocenters. The lowest BCUT2D eigenvalue weighted by atomic mass is 9.44. The Hall–Kier alpha value is -6.40. The van der Waals surface area contributed by atoms with Crippen LogP contribution < -0.4 is 25.4 Å². The van der Waals surface area contributed by atoms with Crippen LogP contribution in [0.5, 0.6) is 11.5 Å². The number of hydrogen-bond donors (Lipinski definition) is 2. The molecule has 2 aromatic carbocycles. The van der Waals surface area contributed by atoms with Crippen molar-refractivity contribution in [3.05, 3.63) is 88.7 Å². The Balaban J connectivity index is 0.818. The summed E-state index contributed by atoms with van der Waals surface area (Å²) in [6.07, 6.45) is 5.23. The maximum atomic E-state index is 13.4. The molecule has 5 aliphatic rings. The van der Waals surface area contributed by atoms with Gasteiger partial charge < -0.3 is 20.1 Å². The van der Waals surface area contributed by atoms with Crippen LogP contribution in [0.2, 0.25) is 0 Å². The molecule has 65 heavy (non-hydrogen) atoms. The zero-order chi connectivity index (χ0) is 46.1. The number of nitrogens with two attached hydrogens (primary N) is 1. The molecule has 4 aromatic rings. The van der Waals surface area contributed by atoms with Crippen molar-refractivity contribution in [1.29, 1.82) is 5.26 Å². The Morgan fingerprint density at radius 3 is 2.35 bits per heavy atom. The fourth-order valence-electron chi connectivity index (χ4n) is 11.7. The van der Waals surface area contributed by atoms with Crippen LogP contribution in [-0.2, 0) is 9.59 Å². The highest BCUT2D eigenvalue weighted by molar-refractivity contribution is 6.23. The molecule has 2 saturated carbocycles. The normalized spacial score (nSPS) is 24.9. The first-order valence-electron chi connectivity index (χ1n) is 22.8. The first kappa shape index (κ1) is 43.8. The van der Waals surface area contributed by atoms with Crippen LogP contribution in [0.1, 0.15) is 128 Å². The van der Waals surface area contributed by atoms with Gasteiger partial charge in [-0.3, -0.25) is 44.1 Å². The molecule has 3 aliphatic heterocycles. The second kappa shape index (κ2) is 16.5. The smallest absolute Gasteiger partial charge is 0.262 e. The predicted molar refractivity (Wildman–Crippen MR) is 241 cm³/mol. The van der Waals surface area contributed by atoms with Gasteiger partial charge in [-0.2, -0.15) is 5.26 Å². The number of nitrogens with zero attached hydrogens (tertiary/aromatic N) is 6. The van der Waals surface area contributed by atoms with Gasteiger partial charge in [-0.1, -0.05) is 27.7 Å². The SMILES string of the molecule is CC(C)N(CC1CCN(c2ccc(C(N)=O)c([C@H]3C(C)(C)[C@H](Oc4ccc(C#N)c5ncccc45)C3(C)C)n2)CC1)[C@H]1C[C@@H](Oc2ccc3c(c2)C(=O)N(C2CCC(=O)NC2=O)C3=O)C1. The van der Waals surface area contributed by atoms with E-state index in [1.54, 1.807) is 30.5 Å². The zero-order valence-electron chi connectivity index (χ0n) is 37.8. The van der Waals surface area contributed by atoms with Crippen molar-refractivity contribution in [2.24, 2.45) is 22.5 Å². The summed E-state index contributed by atoms with van der Waals surface area (Å²) in [6, 6.07) is 17.9. The molecule has 338 valence electrons. The largest absolute Gasteiger partial charge is 0.490 e. The highest BCUT2D eigenvalue weighted by Gasteiger charge is 2.65. The lowest BCUT2D eigenvalue weighted by molar-refractivity contribution is -0.161. The van der Waals surface area contributed by atoms with Crippen LogP contribution in [0.15, 0.2) is 60.8 Å². The third-order valence-corrected chi connectivity index (χ3v) is 14.7. The number of aromatic nitrogens is 2. The molecule has 3 N–H and O–H groups in total. The molecule has 2 aromatic heterocycles.